The van der Waals surface area contributed by atoms with Crippen molar-refractivity contribution in [2.24, 2.45) is 0 Å². The van der Waals surface area contributed by atoms with Crippen LogP contribution in [0.2, 0.25) is 0 Å². The Morgan fingerprint density at radius 1 is 1.10 bits per heavy atom. The predicted octanol–water partition coefficient (Wildman–Crippen LogP) is 3.23. The van der Waals surface area contributed by atoms with Crippen molar-refractivity contribution >= 4 is 0 Å². The first-order chi connectivity index (χ1) is 4.88. The quantitative estimate of drug-likeness (QED) is 0.544. The molecule has 1 saturated carbocycles. The molecule has 0 aromatic heterocycles. The van der Waals surface area contributed by atoms with Crippen molar-refractivity contribution in [3.63, 3.8) is 0 Å². The molecule has 1 aliphatic rings. The fourth-order valence-corrected chi connectivity index (χ4v) is 1.46. The molecule has 1 rings (SSSR count). The highest BCUT2D eigenvalue weighted by Gasteiger charge is 2.07. The van der Waals surface area contributed by atoms with Gasteiger partial charge in [0.25, 0.3) is 0 Å². The van der Waals surface area contributed by atoms with E-state index in [9.17, 15) is 0 Å². The Kier molecular flexibility index (Phi) is 2.49. The van der Waals surface area contributed by atoms with Crippen LogP contribution in [-0.4, -0.2) is 0 Å². The van der Waals surface area contributed by atoms with E-state index < -0.39 is 0 Å². The zero-order valence-corrected chi connectivity index (χ0v) is 6.40. The van der Waals surface area contributed by atoms with Crippen molar-refractivity contribution in [2.75, 3.05) is 0 Å². The van der Waals surface area contributed by atoms with Crippen LogP contribution in [-0.2, 0) is 0 Å². The van der Waals surface area contributed by atoms with Crippen LogP contribution in [0.15, 0.2) is 36.5 Å². The van der Waals surface area contributed by atoms with Gasteiger partial charge in [-0.2, -0.15) is 0 Å². The average molecular weight is 134 g/mol. The minimum absolute atomic E-state index is 1.26. The van der Waals surface area contributed by atoms with E-state index in [1.807, 2.05) is 12.2 Å². The summed E-state index contributed by atoms with van der Waals surface area (Å²) in [7, 11) is 0. The highest BCUT2D eigenvalue weighted by atomic mass is 14.1. The van der Waals surface area contributed by atoms with Crippen LogP contribution < -0.4 is 0 Å². The molecule has 54 valence electrons. The fraction of sp³-hybridized carbons (Fsp3) is 0.400. The summed E-state index contributed by atoms with van der Waals surface area (Å²) in [6, 6.07) is 0. The van der Waals surface area contributed by atoms with Crippen LogP contribution in [0.5, 0.6) is 0 Å². The van der Waals surface area contributed by atoms with E-state index in [-0.39, 0.29) is 0 Å². The van der Waals surface area contributed by atoms with Crippen LogP contribution in [0, 0.1) is 0 Å². The molecule has 0 heteroatoms. The summed E-state index contributed by atoms with van der Waals surface area (Å²) < 4.78 is 0. The second kappa shape index (κ2) is 3.40. The lowest BCUT2D eigenvalue weighted by Gasteiger charge is -1.98. The molecule has 0 saturated heterocycles. The molecular weight excluding hydrogens is 120 g/mol. The Labute approximate surface area is 62.9 Å². The van der Waals surface area contributed by atoms with E-state index in [1.165, 1.54) is 31.3 Å². The highest BCUT2D eigenvalue weighted by molar-refractivity contribution is 5.34. The number of hydrogen-bond acceptors (Lipinski definition) is 0. The molecule has 0 amide bonds. The molecule has 0 unspecified atom stereocenters. The fourth-order valence-electron chi connectivity index (χ4n) is 1.46. The molecule has 0 spiro atoms. The standard InChI is InChI=1S/C10H14/c1-3-9(4-2)10-7-5-6-8-10/h3-4H,1-2,5-8H2. The summed E-state index contributed by atoms with van der Waals surface area (Å²) in [6.45, 7) is 7.49. The number of allylic oxidation sites excluding steroid dienone is 4. The van der Waals surface area contributed by atoms with Gasteiger partial charge in [0, 0.05) is 0 Å². The number of rotatable bonds is 2. The zero-order chi connectivity index (χ0) is 7.40. The van der Waals surface area contributed by atoms with Gasteiger partial charge in [-0.25, -0.2) is 0 Å². The maximum atomic E-state index is 3.75. The van der Waals surface area contributed by atoms with Gasteiger partial charge in [0.2, 0.25) is 0 Å². The molecular formula is C10H14. The first-order valence-corrected chi connectivity index (χ1v) is 3.85. The third kappa shape index (κ3) is 1.38. The topological polar surface area (TPSA) is 0 Å². The van der Waals surface area contributed by atoms with E-state index in [1.54, 1.807) is 5.57 Å². The van der Waals surface area contributed by atoms with Crippen LogP contribution in [0.1, 0.15) is 25.7 Å². The molecule has 0 N–H and O–H groups in total. The summed E-state index contributed by atoms with van der Waals surface area (Å²) in [5, 5.41) is 0. The van der Waals surface area contributed by atoms with Gasteiger partial charge >= 0.3 is 0 Å². The number of hydrogen-bond donors (Lipinski definition) is 0. The van der Waals surface area contributed by atoms with E-state index in [2.05, 4.69) is 13.2 Å². The smallest absolute Gasteiger partial charge is 0.0276 e. The van der Waals surface area contributed by atoms with Gasteiger partial charge in [0.1, 0.15) is 0 Å². The van der Waals surface area contributed by atoms with Crippen molar-refractivity contribution in [1.29, 1.82) is 0 Å². The molecule has 0 aliphatic heterocycles. The van der Waals surface area contributed by atoms with E-state index in [0.717, 1.165) is 0 Å². The molecule has 1 aliphatic carbocycles. The lowest BCUT2D eigenvalue weighted by molar-refractivity contribution is 0.886. The van der Waals surface area contributed by atoms with Crippen molar-refractivity contribution in [3.05, 3.63) is 36.5 Å². The molecule has 0 aromatic carbocycles. The average Bonchev–Trinajstić information content (AvgIpc) is 2.43. The molecule has 0 aromatic rings. The molecule has 10 heavy (non-hydrogen) atoms. The van der Waals surface area contributed by atoms with Gasteiger partial charge in [0.15, 0.2) is 0 Å². The Morgan fingerprint density at radius 2 is 1.60 bits per heavy atom. The molecule has 0 atom stereocenters. The van der Waals surface area contributed by atoms with Gasteiger partial charge < -0.3 is 0 Å². The van der Waals surface area contributed by atoms with Crippen molar-refractivity contribution in [2.45, 2.75) is 25.7 Å². The van der Waals surface area contributed by atoms with Crippen molar-refractivity contribution in [1.82, 2.24) is 0 Å². The van der Waals surface area contributed by atoms with Crippen LogP contribution in [0.25, 0.3) is 0 Å². The summed E-state index contributed by atoms with van der Waals surface area (Å²) >= 11 is 0. The van der Waals surface area contributed by atoms with Crippen molar-refractivity contribution < 1.29 is 0 Å². The normalized spacial score (nSPS) is 17.0. The maximum absolute atomic E-state index is 3.75. The van der Waals surface area contributed by atoms with Crippen LogP contribution in [0.3, 0.4) is 0 Å². The van der Waals surface area contributed by atoms with Gasteiger partial charge in [-0.3, -0.25) is 0 Å². The van der Waals surface area contributed by atoms with Gasteiger partial charge in [-0.05, 0) is 31.3 Å². The van der Waals surface area contributed by atoms with Gasteiger partial charge in [-0.15, -0.1) is 0 Å². The second-order valence-electron chi connectivity index (χ2n) is 2.67. The lowest BCUT2D eigenvalue weighted by Crippen LogP contribution is -1.78. The van der Waals surface area contributed by atoms with E-state index >= 15 is 0 Å². The molecule has 0 nitrogen and oxygen atoms in total. The molecule has 0 bridgehead atoms. The first kappa shape index (κ1) is 7.33. The summed E-state index contributed by atoms with van der Waals surface area (Å²) in [6.07, 6.45) is 9.03. The summed E-state index contributed by atoms with van der Waals surface area (Å²) in [4.78, 5) is 0. The molecule has 1 fully saturated rings. The minimum Gasteiger partial charge on any atom is -0.0985 e. The third-order valence-electron chi connectivity index (χ3n) is 2.06. The Bertz CT molecular complexity index is 154. The monoisotopic (exact) mass is 134 g/mol. The minimum atomic E-state index is 1.26. The third-order valence-corrected chi connectivity index (χ3v) is 2.06. The van der Waals surface area contributed by atoms with Crippen molar-refractivity contribution in [3.8, 4) is 0 Å². The first-order valence-electron chi connectivity index (χ1n) is 3.85. The lowest BCUT2D eigenvalue weighted by atomic mass is 10.1. The zero-order valence-electron chi connectivity index (χ0n) is 6.40. The largest absolute Gasteiger partial charge is 0.0985 e. The Morgan fingerprint density at radius 3 is 2.00 bits per heavy atom. The summed E-state index contributed by atoms with van der Waals surface area (Å²) in [5.41, 5.74) is 2.81. The molecule has 0 heterocycles. The second-order valence-corrected chi connectivity index (χ2v) is 2.67. The van der Waals surface area contributed by atoms with Crippen LogP contribution >= 0.6 is 0 Å². The SMILES string of the molecule is C=CC(C=C)=C1CCCC1. The van der Waals surface area contributed by atoms with Crippen LogP contribution in [0.4, 0.5) is 0 Å². The highest BCUT2D eigenvalue weighted by Crippen LogP contribution is 2.27. The summed E-state index contributed by atoms with van der Waals surface area (Å²) in [5.74, 6) is 0. The maximum Gasteiger partial charge on any atom is -0.0276 e. The van der Waals surface area contributed by atoms with E-state index in [0.29, 0.717) is 0 Å². The van der Waals surface area contributed by atoms with E-state index in [4.69, 9.17) is 0 Å². The predicted molar refractivity (Wildman–Crippen MR) is 45.9 cm³/mol. The van der Waals surface area contributed by atoms with Gasteiger partial charge in [0.05, 0.1) is 0 Å². The van der Waals surface area contributed by atoms with Gasteiger partial charge in [-0.1, -0.05) is 30.9 Å². The Hall–Kier alpha value is -0.780. The molecule has 0 radical (unpaired) electrons. The Balaban J connectivity index is 2.78.